The molecule has 9 nitrogen and oxygen atoms in total. The lowest BCUT2D eigenvalue weighted by atomic mass is 9.79. The fraction of sp³-hybridized carbons (Fsp3) is 0.600. The number of hydrogen-bond acceptors (Lipinski definition) is 5. The molecule has 1 aromatic rings. The zero-order valence-electron chi connectivity index (χ0n) is 19.9. The topological polar surface area (TPSA) is 117 Å². The SMILES string of the molecule is CCC1(C(=O)NC2CC3CCCC(C2)N3C(=O)COc2cccc(C(=O)NC)c2)CCNC1=O. The predicted molar refractivity (Wildman–Crippen MR) is 125 cm³/mol. The molecule has 0 aliphatic carbocycles. The molecule has 0 radical (unpaired) electrons. The van der Waals surface area contributed by atoms with Gasteiger partial charge in [-0.2, -0.15) is 0 Å². The van der Waals surface area contributed by atoms with Crippen LogP contribution in [0.25, 0.3) is 0 Å². The summed E-state index contributed by atoms with van der Waals surface area (Å²) < 4.78 is 5.73. The maximum absolute atomic E-state index is 13.1. The molecule has 184 valence electrons. The zero-order valence-corrected chi connectivity index (χ0v) is 19.9. The van der Waals surface area contributed by atoms with Gasteiger partial charge in [-0.05, 0) is 63.1 Å². The van der Waals surface area contributed by atoms with Crippen LogP contribution in [0.2, 0.25) is 0 Å². The van der Waals surface area contributed by atoms with E-state index in [1.165, 1.54) is 0 Å². The third-order valence-electron chi connectivity index (χ3n) is 7.59. The minimum atomic E-state index is -0.973. The lowest BCUT2D eigenvalue weighted by molar-refractivity contribution is -0.145. The maximum atomic E-state index is 13.1. The average Bonchev–Trinajstić information content (AvgIpc) is 3.23. The smallest absolute Gasteiger partial charge is 0.261 e. The Hall–Kier alpha value is -3.10. The molecule has 0 spiro atoms. The first-order valence-electron chi connectivity index (χ1n) is 12.2. The van der Waals surface area contributed by atoms with Crippen molar-refractivity contribution in [2.75, 3.05) is 20.2 Å². The molecule has 3 heterocycles. The van der Waals surface area contributed by atoms with Crippen molar-refractivity contribution >= 4 is 23.6 Å². The number of benzene rings is 1. The highest BCUT2D eigenvalue weighted by Gasteiger charge is 2.49. The molecule has 0 aromatic heterocycles. The van der Waals surface area contributed by atoms with E-state index in [0.717, 1.165) is 19.3 Å². The third kappa shape index (κ3) is 4.60. The van der Waals surface area contributed by atoms with Crippen LogP contribution in [0, 0.1) is 5.41 Å². The van der Waals surface area contributed by atoms with Crippen molar-refractivity contribution < 1.29 is 23.9 Å². The summed E-state index contributed by atoms with van der Waals surface area (Å²) in [4.78, 5) is 52.3. The third-order valence-corrected chi connectivity index (χ3v) is 7.59. The molecule has 4 amide bonds. The predicted octanol–water partition coefficient (Wildman–Crippen LogP) is 1.37. The molecule has 34 heavy (non-hydrogen) atoms. The zero-order chi connectivity index (χ0) is 24.3. The number of carbonyl (C=O) groups excluding carboxylic acids is 4. The number of nitrogens with one attached hydrogen (secondary N) is 3. The van der Waals surface area contributed by atoms with Crippen molar-refractivity contribution in [3.8, 4) is 5.75 Å². The van der Waals surface area contributed by atoms with Crippen molar-refractivity contribution in [2.45, 2.75) is 70.0 Å². The van der Waals surface area contributed by atoms with Gasteiger partial charge in [0.05, 0.1) is 0 Å². The van der Waals surface area contributed by atoms with Crippen LogP contribution in [0.5, 0.6) is 5.75 Å². The largest absolute Gasteiger partial charge is 0.484 e. The molecule has 0 saturated carbocycles. The molecule has 9 heteroatoms. The van der Waals surface area contributed by atoms with Crippen LogP contribution in [-0.4, -0.2) is 66.9 Å². The Labute approximate surface area is 200 Å². The Bertz CT molecular complexity index is 952. The van der Waals surface area contributed by atoms with E-state index in [2.05, 4.69) is 16.0 Å². The van der Waals surface area contributed by atoms with Gasteiger partial charge in [0.2, 0.25) is 11.8 Å². The Morgan fingerprint density at radius 1 is 1.21 bits per heavy atom. The first kappa shape index (κ1) is 24.0. The normalized spacial score (nSPS) is 28.1. The molecule has 3 aliphatic rings. The van der Waals surface area contributed by atoms with Crippen molar-refractivity contribution in [2.24, 2.45) is 5.41 Å². The molecule has 4 rings (SSSR count). The summed E-state index contributed by atoms with van der Waals surface area (Å²) in [5.74, 6) is -0.188. The van der Waals surface area contributed by atoms with E-state index in [4.69, 9.17) is 4.74 Å². The molecule has 3 unspecified atom stereocenters. The van der Waals surface area contributed by atoms with Gasteiger partial charge in [-0.15, -0.1) is 0 Å². The van der Waals surface area contributed by atoms with Gasteiger partial charge in [-0.3, -0.25) is 19.2 Å². The summed E-state index contributed by atoms with van der Waals surface area (Å²) in [6.07, 6.45) is 5.20. The molecule has 2 bridgehead atoms. The minimum absolute atomic E-state index is 0.0427. The van der Waals surface area contributed by atoms with Gasteiger partial charge < -0.3 is 25.6 Å². The second-order valence-electron chi connectivity index (χ2n) is 9.52. The number of hydrogen-bond donors (Lipinski definition) is 3. The van der Waals surface area contributed by atoms with Gasteiger partial charge in [0, 0.05) is 37.3 Å². The molecule has 3 N–H and O–H groups in total. The fourth-order valence-corrected chi connectivity index (χ4v) is 5.71. The highest BCUT2D eigenvalue weighted by Crippen LogP contribution is 2.36. The number of rotatable bonds is 7. The van der Waals surface area contributed by atoms with Crippen molar-refractivity contribution in [1.82, 2.24) is 20.9 Å². The maximum Gasteiger partial charge on any atom is 0.261 e. The van der Waals surface area contributed by atoms with Crippen LogP contribution in [0.4, 0.5) is 0 Å². The van der Waals surface area contributed by atoms with Crippen molar-refractivity contribution in [3.05, 3.63) is 29.8 Å². The lowest BCUT2D eigenvalue weighted by Gasteiger charge is -2.49. The van der Waals surface area contributed by atoms with E-state index < -0.39 is 5.41 Å². The molecule has 3 fully saturated rings. The second-order valence-corrected chi connectivity index (χ2v) is 9.52. The first-order valence-corrected chi connectivity index (χ1v) is 12.2. The molecular weight excluding hydrogens is 436 g/mol. The van der Waals surface area contributed by atoms with E-state index in [1.54, 1.807) is 31.3 Å². The minimum Gasteiger partial charge on any atom is -0.484 e. The van der Waals surface area contributed by atoms with Gasteiger partial charge in [-0.25, -0.2) is 0 Å². The summed E-state index contributed by atoms with van der Waals surface area (Å²) in [5.41, 5.74) is -0.499. The number of ether oxygens (including phenoxy) is 1. The Balaban J connectivity index is 1.37. The van der Waals surface area contributed by atoms with Crippen LogP contribution in [0.15, 0.2) is 24.3 Å². The molecule has 3 aliphatic heterocycles. The van der Waals surface area contributed by atoms with E-state index in [-0.39, 0.29) is 48.4 Å². The lowest BCUT2D eigenvalue weighted by Crippen LogP contribution is -2.61. The summed E-state index contributed by atoms with van der Waals surface area (Å²) >= 11 is 0. The van der Waals surface area contributed by atoms with Gasteiger partial charge >= 0.3 is 0 Å². The number of carbonyl (C=O) groups is 4. The first-order chi connectivity index (χ1) is 16.4. The fourth-order valence-electron chi connectivity index (χ4n) is 5.71. The average molecular weight is 471 g/mol. The Morgan fingerprint density at radius 2 is 1.94 bits per heavy atom. The molecule has 3 saturated heterocycles. The van der Waals surface area contributed by atoms with Crippen molar-refractivity contribution in [1.29, 1.82) is 0 Å². The van der Waals surface area contributed by atoms with Crippen LogP contribution < -0.4 is 20.7 Å². The van der Waals surface area contributed by atoms with E-state index >= 15 is 0 Å². The summed E-state index contributed by atoms with van der Waals surface area (Å²) in [6, 6.07) is 6.80. The van der Waals surface area contributed by atoms with E-state index in [0.29, 0.717) is 43.5 Å². The van der Waals surface area contributed by atoms with Gasteiger partial charge in [0.25, 0.3) is 11.8 Å². The van der Waals surface area contributed by atoms with E-state index in [9.17, 15) is 19.2 Å². The molecule has 1 aromatic carbocycles. The molecular formula is C25H34N4O5. The van der Waals surface area contributed by atoms with Crippen LogP contribution >= 0.6 is 0 Å². The Kier molecular flexibility index (Phi) is 7.09. The quantitative estimate of drug-likeness (QED) is 0.521. The number of nitrogens with zero attached hydrogens (tertiary/aromatic N) is 1. The van der Waals surface area contributed by atoms with Gasteiger partial charge in [0.1, 0.15) is 11.2 Å². The van der Waals surface area contributed by atoms with Crippen LogP contribution in [0.1, 0.15) is 62.2 Å². The number of fused-ring (bicyclic) bond motifs is 2. The van der Waals surface area contributed by atoms with Crippen LogP contribution in [0.3, 0.4) is 0 Å². The highest BCUT2D eigenvalue weighted by atomic mass is 16.5. The second kappa shape index (κ2) is 10.0. The standard InChI is InChI=1S/C25H34N4O5/c1-3-25(10-11-27-23(25)32)24(33)28-17-13-18-7-5-8-19(14-17)29(18)21(30)15-34-20-9-4-6-16(12-20)22(31)26-2/h4,6,9,12,17-19H,3,5,7-8,10-11,13-15H2,1-2H3,(H,26,31)(H,27,32)(H,28,33). The summed E-state index contributed by atoms with van der Waals surface area (Å²) in [6.45, 7) is 2.31. The van der Waals surface area contributed by atoms with E-state index in [1.807, 2.05) is 11.8 Å². The Morgan fingerprint density at radius 3 is 2.56 bits per heavy atom. The molecule has 3 atom stereocenters. The monoisotopic (exact) mass is 470 g/mol. The number of piperidine rings is 2. The van der Waals surface area contributed by atoms with Gasteiger partial charge in [0.15, 0.2) is 6.61 Å². The highest BCUT2D eigenvalue weighted by molar-refractivity contribution is 6.06. The van der Waals surface area contributed by atoms with Crippen molar-refractivity contribution in [3.63, 3.8) is 0 Å². The number of amides is 4. The van der Waals surface area contributed by atoms with Crippen LogP contribution in [-0.2, 0) is 14.4 Å². The summed E-state index contributed by atoms with van der Waals surface area (Å²) in [5, 5.41) is 8.51. The summed E-state index contributed by atoms with van der Waals surface area (Å²) in [7, 11) is 1.56. The van der Waals surface area contributed by atoms with Gasteiger partial charge in [-0.1, -0.05) is 13.0 Å².